The van der Waals surface area contributed by atoms with Crippen molar-refractivity contribution < 1.29 is 8.78 Å². The summed E-state index contributed by atoms with van der Waals surface area (Å²) < 4.78 is 29.8. The Labute approximate surface area is 174 Å². The number of halogens is 4. The molecule has 2 heterocycles. The Bertz CT molecular complexity index is 775. The minimum Gasteiger partial charge on any atom is -0.245 e. The van der Waals surface area contributed by atoms with E-state index in [-0.39, 0.29) is 11.9 Å². The second-order valence-corrected chi connectivity index (χ2v) is 4.75. The normalized spacial score (nSPS) is 9.38. The third-order valence-corrected chi connectivity index (χ3v) is 2.56. The van der Waals surface area contributed by atoms with E-state index in [1.54, 1.807) is 0 Å². The molecule has 0 amide bonds. The highest BCUT2D eigenvalue weighted by Crippen LogP contribution is 1.97. The zero-order valence-electron chi connectivity index (χ0n) is 12.7. The van der Waals surface area contributed by atoms with Crippen molar-refractivity contribution in [3.05, 3.63) is 36.4 Å². The highest BCUT2D eigenvalue weighted by atomic mass is 127. The SMILES string of the molecule is Fc1cnc(N/N=C/C#CI)nc1.Fc1cnc(N/N=C/C#CI)nc1. The Balaban J connectivity index is 0.000000260. The average molecular weight is 580 g/mol. The molecule has 0 radical (unpaired) electrons. The average Bonchev–Trinajstić information content (AvgIpc) is 2.66. The van der Waals surface area contributed by atoms with Crippen molar-refractivity contribution in [1.82, 2.24) is 19.9 Å². The van der Waals surface area contributed by atoms with E-state index in [9.17, 15) is 8.78 Å². The molecule has 8 nitrogen and oxygen atoms in total. The predicted octanol–water partition coefficient (Wildman–Crippen LogP) is 2.82. The molecule has 2 aromatic heterocycles. The zero-order chi connectivity index (χ0) is 19.0. The van der Waals surface area contributed by atoms with E-state index in [1.807, 2.05) is 45.2 Å². The van der Waals surface area contributed by atoms with Gasteiger partial charge in [0.05, 0.1) is 37.2 Å². The van der Waals surface area contributed by atoms with Crippen molar-refractivity contribution >= 4 is 69.5 Å². The highest BCUT2D eigenvalue weighted by molar-refractivity contribution is 14.1. The molecule has 0 unspecified atom stereocenters. The summed E-state index contributed by atoms with van der Waals surface area (Å²) in [5.74, 6) is 4.66. The van der Waals surface area contributed by atoms with Crippen LogP contribution in [0.25, 0.3) is 0 Å². The summed E-state index contributed by atoms with van der Waals surface area (Å²) in [6, 6.07) is 0. The fourth-order valence-electron chi connectivity index (χ4n) is 1.03. The largest absolute Gasteiger partial charge is 0.245 e. The van der Waals surface area contributed by atoms with Crippen LogP contribution in [0, 0.1) is 31.3 Å². The lowest BCUT2D eigenvalue weighted by atomic mass is 10.6. The molecule has 0 spiro atoms. The predicted molar refractivity (Wildman–Crippen MR) is 112 cm³/mol. The number of aromatic nitrogens is 4. The second-order valence-electron chi connectivity index (χ2n) is 3.67. The van der Waals surface area contributed by atoms with Crippen LogP contribution in [0.3, 0.4) is 0 Å². The molecule has 0 aliphatic rings. The Hall–Kier alpha value is -2.46. The highest BCUT2D eigenvalue weighted by Gasteiger charge is 1.93. The van der Waals surface area contributed by atoms with Gasteiger partial charge in [0.25, 0.3) is 0 Å². The van der Waals surface area contributed by atoms with Gasteiger partial charge in [-0.15, -0.1) is 0 Å². The van der Waals surface area contributed by atoms with E-state index in [0.29, 0.717) is 0 Å². The smallest absolute Gasteiger partial charge is 0.243 e. The number of hydrazone groups is 2. The molecule has 2 aromatic rings. The molecule has 0 aliphatic carbocycles. The number of hydrogen-bond acceptors (Lipinski definition) is 8. The number of anilines is 2. The van der Waals surface area contributed by atoms with Gasteiger partial charge in [-0.05, 0) is 19.7 Å². The topological polar surface area (TPSA) is 100 Å². The fraction of sp³-hybridized carbons (Fsp3) is 0. The van der Waals surface area contributed by atoms with E-state index >= 15 is 0 Å². The zero-order valence-corrected chi connectivity index (χ0v) is 17.0. The molecule has 0 bridgehead atoms. The lowest BCUT2D eigenvalue weighted by Gasteiger charge is -1.94. The van der Waals surface area contributed by atoms with E-state index in [0.717, 1.165) is 24.8 Å². The summed E-state index contributed by atoms with van der Waals surface area (Å²) in [5, 5.41) is 7.32. The molecule has 0 saturated heterocycles. The van der Waals surface area contributed by atoms with Crippen molar-refractivity contribution in [3.63, 3.8) is 0 Å². The number of rotatable bonds is 4. The first-order chi connectivity index (χ1) is 12.7. The van der Waals surface area contributed by atoms with Crippen molar-refractivity contribution in [1.29, 1.82) is 0 Å². The summed E-state index contributed by atoms with van der Waals surface area (Å²) in [4.78, 5) is 14.5. The van der Waals surface area contributed by atoms with Crippen molar-refractivity contribution in [2.45, 2.75) is 0 Å². The van der Waals surface area contributed by atoms with Crippen LogP contribution in [-0.4, -0.2) is 32.4 Å². The van der Waals surface area contributed by atoms with E-state index in [2.05, 4.69) is 60.7 Å². The lowest BCUT2D eigenvalue weighted by molar-refractivity contribution is 0.614. The van der Waals surface area contributed by atoms with Gasteiger partial charge in [0.2, 0.25) is 11.9 Å². The molecule has 0 fully saturated rings. The van der Waals surface area contributed by atoms with Crippen LogP contribution >= 0.6 is 45.2 Å². The maximum absolute atomic E-state index is 12.3. The minimum absolute atomic E-state index is 0.230. The van der Waals surface area contributed by atoms with Crippen molar-refractivity contribution in [2.75, 3.05) is 10.9 Å². The van der Waals surface area contributed by atoms with E-state index in [4.69, 9.17) is 0 Å². The summed E-state index contributed by atoms with van der Waals surface area (Å²) in [5.41, 5.74) is 4.96. The Kier molecular flexibility index (Phi) is 11.4. The summed E-state index contributed by atoms with van der Waals surface area (Å²) >= 11 is 3.77. The molecule has 0 aliphatic heterocycles. The Morgan fingerprint density at radius 3 is 1.42 bits per heavy atom. The molecule has 26 heavy (non-hydrogen) atoms. The molecule has 0 saturated carbocycles. The van der Waals surface area contributed by atoms with Crippen LogP contribution in [0.5, 0.6) is 0 Å². The van der Waals surface area contributed by atoms with Gasteiger partial charge >= 0.3 is 0 Å². The fourth-order valence-corrected chi connectivity index (χ4v) is 1.31. The molecule has 12 heteroatoms. The van der Waals surface area contributed by atoms with Crippen LogP contribution in [0.2, 0.25) is 0 Å². The molecular formula is C14H8F2I2N8. The first-order valence-corrected chi connectivity index (χ1v) is 8.54. The van der Waals surface area contributed by atoms with Crippen LogP contribution in [0.4, 0.5) is 20.7 Å². The Morgan fingerprint density at radius 2 is 1.12 bits per heavy atom. The van der Waals surface area contributed by atoms with E-state index in [1.165, 1.54) is 12.4 Å². The van der Waals surface area contributed by atoms with Gasteiger partial charge in [-0.2, -0.15) is 10.2 Å². The number of nitrogens with zero attached hydrogens (tertiary/aromatic N) is 6. The van der Waals surface area contributed by atoms with Gasteiger partial charge in [0.15, 0.2) is 11.6 Å². The van der Waals surface area contributed by atoms with Gasteiger partial charge in [-0.3, -0.25) is 0 Å². The quantitative estimate of drug-likeness (QED) is 0.250. The third-order valence-electron chi connectivity index (χ3n) is 1.94. The first kappa shape index (κ1) is 21.6. The monoisotopic (exact) mass is 580 g/mol. The maximum Gasteiger partial charge on any atom is 0.243 e. The second kappa shape index (κ2) is 13.8. The lowest BCUT2D eigenvalue weighted by Crippen LogP contribution is -1.95. The number of hydrogen-bond donors (Lipinski definition) is 2. The van der Waals surface area contributed by atoms with Crippen LogP contribution < -0.4 is 10.9 Å². The minimum atomic E-state index is -0.485. The van der Waals surface area contributed by atoms with Gasteiger partial charge in [-0.25, -0.2) is 39.6 Å². The molecule has 2 N–H and O–H groups in total. The van der Waals surface area contributed by atoms with Gasteiger partial charge in [0, 0.05) is 45.2 Å². The molecule has 132 valence electrons. The summed E-state index contributed by atoms with van der Waals surface area (Å²) in [6.07, 6.45) is 6.92. The summed E-state index contributed by atoms with van der Waals surface area (Å²) in [7, 11) is 0. The third kappa shape index (κ3) is 10.4. The number of nitrogens with one attached hydrogen (secondary N) is 2. The molecular weight excluding hydrogens is 572 g/mol. The van der Waals surface area contributed by atoms with Crippen LogP contribution in [0.1, 0.15) is 0 Å². The molecule has 0 atom stereocenters. The van der Waals surface area contributed by atoms with Crippen molar-refractivity contribution in [2.24, 2.45) is 10.2 Å². The van der Waals surface area contributed by atoms with Gasteiger partial charge < -0.3 is 0 Å². The van der Waals surface area contributed by atoms with E-state index < -0.39 is 11.6 Å². The molecule has 2 rings (SSSR count). The van der Waals surface area contributed by atoms with Gasteiger partial charge in [0.1, 0.15) is 0 Å². The van der Waals surface area contributed by atoms with Crippen molar-refractivity contribution in [3.8, 4) is 19.7 Å². The summed E-state index contributed by atoms with van der Waals surface area (Å²) in [6.45, 7) is 0. The van der Waals surface area contributed by atoms with Gasteiger partial charge in [-0.1, -0.05) is 0 Å². The Morgan fingerprint density at radius 1 is 0.769 bits per heavy atom. The van der Waals surface area contributed by atoms with Crippen LogP contribution in [0.15, 0.2) is 35.0 Å². The maximum atomic E-state index is 12.3. The molecule has 0 aromatic carbocycles. The first-order valence-electron chi connectivity index (χ1n) is 6.38. The standard InChI is InChI=1S/2C7H4FIN4/c2*8-6-4-10-7(11-5-6)13-12-3-1-2-9/h2*3-5H,(H,10,11,13)/b2*12-3+. The van der Waals surface area contributed by atoms with Crippen LogP contribution in [-0.2, 0) is 0 Å².